The summed E-state index contributed by atoms with van der Waals surface area (Å²) in [7, 11) is 0. The van der Waals surface area contributed by atoms with Gasteiger partial charge in [0.15, 0.2) is 0 Å². The second kappa shape index (κ2) is 4.47. The monoisotopic (exact) mass is 264 g/mol. The van der Waals surface area contributed by atoms with Crippen LogP contribution in [0.25, 0.3) is 0 Å². The molecule has 0 unspecified atom stereocenters. The molecule has 1 saturated carbocycles. The average molecular weight is 264 g/mol. The molecule has 3 rings (SSSR count). The molecule has 108 valence electrons. The van der Waals surface area contributed by atoms with E-state index in [0.29, 0.717) is 22.8 Å². The summed E-state index contributed by atoms with van der Waals surface area (Å²) in [5, 5.41) is 3.36. The van der Waals surface area contributed by atoms with Crippen molar-refractivity contribution in [3.63, 3.8) is 0 Å². The van der Waals surface area contributed by atoms with Crippen molar-refractivity contribution in [2.75, 3.05) is 19.6 Å². The van der Waals surface area contributed by atoms with E-state index < -0.39 is 0 Å². The number of hydrogen-bond acceptors (Lipinski definition) is 2. The first kappa shape index (κ1) is 13.4. The summed E-state index contributed by atoms with van der Waals surface area (Å²) < 4.78 is 0. The van der Waals surface area contributed by atoms with Gasteiger partial charge in [0.1, 0.15) is 0 Å². The predicted octanol–water partition coefficient (Wildman–Crippen LogP) is 2.41. The summed E-state index contributed by atoms with van der Waals surface area (Å²) in [4.78, 5) is 15.0. The number of carbonyl (C=O) groups is 1. The van der Waals surface area contributed by atoms with Crippen molar-refractivity contribution in [2.24, 2.45) is 16.7 Å². The lowest BCUT2D eigenvalue weighted by Crippen LogP contribution is -2.43. The Bertz CT molecular complexity index is 373. The van der Waals surface area contributed by atoms with E-state index in [2.05, 4.69) is 31.0 Å². The van der Waals surface area contributed by atoms with Gasteiger partial charge in [-0.2, -0.15) is 0 Å². The summed E-state index contributed by atoms with van der Waals surface area (Å²) in [6.45, 7) is 10.2. The minimum atomic E-state index is 0.285. The van der Waals surface area contributed by atoms with Crippen LogP contribution in [0, 0.1) is 16.7 Å². The summed E-state index contributed by atoms with van der Waals surface area (Å²) in [5.41, 5.74) is 0.774. The Morgan fingerprint density at radius 1 is 1.16 bits per heavy atom. The van der Waals surface area contributed by atoms with Gasteiger partial charge in [-0.05, 0) is 56.0 Å². The third-order valence-corrected chi connectivity index (χ3v) is 5.39. The topological polar surface area (TPSA) is 32.3 Å². The van der Waals surface area contributed by atoms with Crippen molar-refractivity contribution in [3.8, 4) is 0 Å². The van der Waals surface area contributed by atoms with Crippen LogP contribution in [0.5, 0.6) is 0 Å². The average Bonchev–Trinajstić information content (AvgIpc) is 2.59. The molecule has 2 atom stereocenters. The van der Waals surface area contributed by atoms with Crippen LogP contribution in [-0.2, 0) is 4.79 Å². The van der Waals surface area contributed by atoms with E-state index in [1.54, 1.807) is 0 Å². The van der Waals surface area contributed by atoms with Gasteiger partial charge in [-0.15, -0.1) is 0 Å². The van der Waals surface area contributed by atoms with Gasteiger partial charge in [-0.25, -0.2) is 0 Å². The molecule has 2 heterocycles. The van der Waals surface area contributed by atoms with Gasteiger partial charge in [0, 0.05) is 18.5 Å². The minimum Gasteiger partial charge on any atom is -0.339 e. The van der Waals surface area contributed by atoms with Gasteiger partial charge < -0.3 is 10.2 Å². The van der Waals surface area contributed by atoms with E-state index in [9.17, 15) is 4.79 Å². The Balaban J connectivity index is 1.74. The maximum Gasteiger partial charge on any atom is 0.226 e. The first-order valence-electron chi connectivity index (χ1n) is 7.90. The number of nitrogens with one attached hydrogen (secondary N) is 1. The standard InChI is InChI=1S/C16H28N2O/c1-15(2)8-13-9-16(3,10-15)11-18(13)14(19)12-4-6-17-7-5-12/h12-13,17H,4-11H2,1-3H3/t13-,16-/m1/s1. The molecular formula is C16H28N2O. The molecule has 3 nitrogen and oxygen atoms in total. The van der Waals surface area contributed by atoms with Gasteiger partial charge in [0.05, 0.1) is 0 Å². The Morgan fingerprint density at radius 2 is 1.84 bits per heavy atom. The van der Waals surface area contributed by atoms with Crippen LogP contribution in [0.15, 0.2) is 0 Å². The highest BCUT2D eigenvalue weighted by Gasteiger charge is 2.51. The molecule has 0 spiro atoms. The molecule has 1 aliphatic carbocycles. The Hall–Kier alpha value is -0.570. The lowest BCUT2D eigenvalue weighted by Gasteiger charge is -2.39. The van der Waals surface area contributed by atoms with Gasteiger partial charge in [0.25, 0.3) is 0 Å². The van der Waals surface area contributed by atoms with E-state index >= 15 is 0 Å². The molecule has 0 aromatic heterocycles. The van der Waals surface area contributed by atoms with Crippen molar-refractivity contribution >= 4 is 5.91 Å². The fourth-order valence-electron chi connectivity index (χ4n) is 5.02. The van der Waals surface area contributed by atoms with E-state index in [4.69, 9.17) is 0 Å². The van der Waals surface area contributed by atoms with E-state index in [1.807, 2.05) is 0 Å². The van der Waals surface area contributed by atoms with Crippen LogP contribution in [0.1, 0.15) is 52.9 Å². The van der Waals surface area contributed by atoms with Crippen molar-refractivity contribution in [2.45, 2.75) is 58.9 Å². The lowest BCUT2D eigenvalue weighted by molar-refractivity contribution is -0.137. The van der Waals surface area contributed by atoms with Gasteiger partial charge in [-0.3, -0.25) is 4.79 Å². The number of hydrogen-bond donors (Lipinski definition) is 1. The van der Waals surface area contributed by atoms with Gasteiger partial charge in [0.2, 0.25) is 5.91 Å². The SMILES string of the molecule is CC1(C)C[C@@H]2C[C@@](C)(CN2C(=O)C2CCNCC2)C1. The molecule has 3 heteroatoms. The van der Waals surface area contributed by atoms with Gasteiger partial charge >= 0.3 is 0 Å². The summed E-state index contributed by atoms with van der Waals surface area (Å²) >= 11 is 0. The molecule has 3 aliphatic rings. The van der Waals surface area contributed by atoms with Crippen LogP contribution >= 0.6 is 0 Å². The second-order valence-corrected chi connectivity index (χ2v) is 8.20. The molecule has 19 heavy (non-hydrogen) atoms. The molecular weight excluding hydrogens is 236 g/mol. The van der Waals surface area contributed by atoms with Gasteiger partial charge in [-0.1, -0.05) is 20.8 Å². The smallest absolute Gasteiger partial charge is 0.226 e. The molecule has 0 aromatic carbocycles. The lowest BCUT2D eigenvalue weighted by atomic mass is 9.65. The number of likely N-dealkylation sites (tertiary alicyclic amines) is 1. The Kier molecular flexibility index (Phi) is 3.16. The maximum absolute atomic E-state index is 12.8. The zero-order valence-corrected chi connectivity index (χ0v) is 12.7. The van der Waals surface area contributed by atoms with Crippen LogP contribution in [0.3, 0.4) is 0 Å². The number of piperidine rings is 1. The molecule has 0 aromatic rings. The first-order valence-corrected chi connectivity index (χ1v) is 7.90. The molecule has 0 radical (unpaired) electrons. The van der Waals surface area contributed by atoms with Crippen molar-refractivity contribution < 1.29 is 4.79 Å². The van der Waals surface area contributed by atoms with Crippen LogP contribution < -0.4 is 5.32 Å². The van der Waals surface area contributed by atoms with Crippen LogP contribution in [0.2, 0.25) is 0 Å². The van der Waals surface area contributed by atoms with Crippen molar-refractivity contribution in [1.82, 2.24) is 10.2 Å². The number of nitrogens with zero attached hydrogens (tertiary/aromatic N) is 1. The highest BCUT2D eigenvalue weighted by molar-refractivity contribution is 5.79. The zero-order chi connectivity index (χ0) is 13.7. The normalized spacial score (nSPS) is 38.5. The Morgan fingerprint density at radius 3 is 2.53 bits per heavy atom. The van der Waals surface area contributed by atoms with Crippen molar-refractivity contribution in [1.29, 1.82) is 0 Å². The fraction of sp³-hybridized carbons (Fsp3) is 0.938. The largest absolute Gasteiger partial charge is 0.339 e. The molecule has 2 bridgehead atoms. The number of amides is 1. The number of carbonyl (C=O) groups excluding carboxylic acids is 1. The summed E-state index contributed by atoms with van der Waals surface area (Å²) in [5.74, 6) is 0.736. The quantitative estimate of drug-likeness (QED) is 0.789. The molecule has 2 saturated heterocycles. The number of fused-ring (bicyclic) bond motifs is 2. The third kappa shape index (κ3) is 2.54. The number of rotatable bonds is 1. The Labute approximate surface area is 117 Å². The molecule has 2 aliphatic heterocycles. The maximum atomic E-state index is 12.8. The summed E-state index contributed by atoms with van der Waals surface area (Å²) in [6.07, 6.45) is 5.75. The zero-order valence-electron chi connectivity index (χ0n) is 12.7. The van der Waals surface area contributed by atoms with E-state index in [0.717, 1.165) is 32.5 Å². The highest BCUT2D eigenvalue weighted by Crippen LogP contribution is 2.52. The highest BCUT2D eigenvalue weighted by atomic mass is 16.2. The minimum absolute atomic E-state index is 0.285. The molecule has 1 N–H and O–H groups in total. The van der Waals surface area contributed by atoms with E-state index in [-0.39, 0.29) is 5.92 Å². The second-order valence-electron chi connectivity index (χ2n) is 8.20. The van der Waals surface area contributed by atoms with E-state index in [1.165, 1.54) is 19.3 Å². The fourth-order valence-corrected chi connectivity index (χ4v) is 5.02. The molecule has 1 amide bonds. The predicted molar refractivity (Wildman–Crippen MR) is 76.8 cm³/mol. The third-order valence-electron chi connectivity index (χ3n) is 5.39. The summed E-state index contributed by atoms with van der Waals surface area (Å²) in [6, 6.07) is 0.510. The van der Waals surface area contributed by atoms with Crippen molar-refractivity contribution in [3.05, 3.63) is 0 Å². The van der Waals surface area contributed by atoms with Crippen LogP contribution in [-0.4, -0.2) is 36.5 Å². The molecule has 3 fully saturated rings. The van der Waals surface area contributed by atoms with Crippen LogP contribution in [0.4, 0.5) is 0 Å². The first-order chi connectivity index (χ1) is 8.89.